The van der Waals surface area contributed by atoms with E-state index in [0.29, 0.717) is 6.42 Å². The molecular weight excluding hydrogens is 166 g/mol. The van der Waals surface area contributed by atoms with E-state index >= 15 is 0 Å². The van der Waals surface area contributed by atoms with Gasteiger partial charge in [0.05, 0.1) is 6.07 Å². The highest BCUT2D eigenvalue weighted by Crippen LogP contribution is 2.51. The third-order valence-corrected chi connectivity index (χ3v) is 3.15. The highest BCUT2D eigenvalue weighted by molar-refractivity contribution is 5.83. The van der Waals surface area contributed by atoms with Crippen LogP contribution in [0.4, 0.5) is 0 Å². The molecule has 3 unspecified atom stereocenters. The first-order valence-corrected chi connectivity index (χ1v) is 4.49. The summed E-state index contributed by atoms with van der Waals surface area (Å²) in [6, 6.07) is 2.13. The van der Waals surface area contributed by atoms with Gasteiger partial charge in [-0.05, 0) is 12.8 Å². The van der Waals surface area contributed by atoms with Gasteiger partial charge >= 0.3 is 5.97 Å². The summed E-state index contributed by atoms with van der Waals surface area (Å²) in [6.45, 7) is 3.62. The van der Waals surface area contributed by atoms with Gasteiger partial charge in [0.25, 0.3) is 0 Å². The van der Waals surface area contributed by atoms with Gasteiger partial charge in [-0.3, -0.25) is 4.79 Å². The minimum absolute atomic E-state index is 0.0440. The number of hydrogen-bond acceptors (Lipinski definition) is 3. The Bertz CT molecular complexity index is 305. The SMILES string of the molecule is C=CC1OC(=O)C2(C#N)CCCC12. The highest BCUT2D eigenvalue weighted by Gasteiger charge is 2.59. The molecule has 0 radical (unpaired) electrons. The molecule has 0 N–H and O–H groups in total. The molecule has 3 heteroatoms. The summed E-state index contributed by atoms with van der Waals surface area (Å²) in [7, 11) is 0. The third-order valence-electron chi connectivity index (χ3n) is 3.15. The van der Waals surface area contributed by atoms with Crippen LogP contribution in [0.25, 0.3) is 0 Å². The Morgan fingerprint density at radius 3 is 3.15 bits per heavy atom. The van der Waals surface area contributed by atoms with Gasteiger partial charge < -0.3 is 4.74 Å². The Morgan fingerprint density at radius 1 is 1.77 bits per heavy atom. The van der Waals surface area contributed by atoms with E-state index in [1.54, 1.807) is 6.08 Å². The summed E-state index contributed by atoms with van der Waals surface area (Å²) >= 11 is 0. The molecule has 3 nitrogen and oxygen atoms in total. The number of nitrogens with zero attached hydrogens (tertiary/aromatic N) is 1. The molecule has 0 amide bonds. The van der Waals surface area contributed by atoms with Crippen LogP contribution < -0.4 is 0 Å². The van der Waals surface area contributed by atoms with Gasteiger partial charge in [0.2, 0.25) is 0 Å². The molecule has 0 aromatic carbocycles. The first-order chi connectivity index (χ1) is 6.24. The van der Waals surface area contributed by atoms with Gasteiger partial charge in [0.15, 0.2) is 5.41 Å². The lowest BCUT2D eigenvalue weighted by atomic mass is 9.79. The number of nitriles is 1. The average molecular weight is 177 g/mol. The molecule has 1 aliphatic carbocycles. The smallest absolute Gasteiger partial charge is 0.327 e. The van der Waals surface area contributed by atoms with Crippen molar-refractivity contribution in [3.63, 3.8) is 0 Å². The van der Waals surface area contributed by atoms with Crippen molar-refractivity contribution in [2.75, 3.05) is 0 Å². The third kappa shape index (κ3) is 0.859. The molecule has 13 heavy (non-hydrogen) atoms. The summed E-state index contributed by atoms with van der Waals surface area (Å²) < 4.78 is 5.09. The topological polar surface area (TPSA) is 50.1 Å². The van der Waals surface area contributed by atoms with E-state index in [1.807, 2.05) is 0 Å². The zero-order valence-electron chi connectivity index (χ0n) is 7.32. The van der Waals surface area contributed by atoms with Crippen LogP contribution in [0.1, 0.15) is 19.3 Å². The maximum absolute atomic E-state index is 11.5. The van der Waals surface area contributed by atoms with Crippen molar-refractivity contribution in [2.24, 2.45) is 11.3 Å². The molecule has 1 saturated heterocycles. The lowest BCUT2D eigenvalue weighted by molar-refractivity contribution is -0.145. The number of fused-ring (bicyclic) bond motifs is 1. The first kappa shape index (κ1) is 8.31. The molecule has 1 saturated carbocycles. The number of ether oxygens (including phenoxy) is 1. The number of esters is 1. The molecule has 0 spiro atoms. The number of carbonyl (C=O) groups excluding carboxylic acids is 1. The van der Waals surface area contributed by atoms with Crippen molar-refractivity contribution in [1.82, 2.24) is 0 Å². The van der Waals surface area contributed by atoms with Crippen LogP contribution in [0.5, 0.6) is 0 Å². The number of hydrogen-bond donors (Lipinski definition) is 0. The quantitative estimate of drug-likeness (QED) is 0.449. The zero-order chi connectivity index (χ0) is 9.47. The minimum atomic E-state index is -0.848. The normalized spacial score (nSPS) is 42.2. The molecule has 3 atom stereocenters. The van der Waals surface area contributed by atoms with Crippen LogP contribution in [0.2, 0.25) is 0 Å². The van der Waals surface area contributed by atoms with Crippen molar-refractivity contribution < 1.29 is 9.53 Å². The van der Waals surface area contributed by atoms with Crippen LogP contribution in [0, 0.1) is 22.7 Å². The Hall–Kier alpha value is -1.30. The largest absolute Gasteiger partial charge is 0.457 e. The summed E-state index contributed by atoms with van der Waals surface area (Å²) in [5.41, 5.74) is -0.848. The van der Waals surface area contributed by atoms with Gasteiger partial charge in [-0.2, -0.15) is 5.26 Å². The summed E-state index contributed by atoms with van der Waals surface area (Å²) in [5.74, 6) is -0.301. The van der Waals surface area contributed by atoms with Crippen LogP contribution in [-0.4, -0.2) is 12.1 Å². The molecule has 0 bridgehead atoms. The zero-order valence-corrected chi connectivity index (χ0v) is 7.32. The second-order valence-corrected chi connectivity index (χ2v) is 3.69. The van der Waals surface area contributed by atoms with E-state index in [0.717, 1.165) is 12.8 Å². The molecular formula is C10H11NO2. The Labute approximate surface area is 77.0 Å². The summed E-state index contributed by atoms with van der Waals surface area (Å²) in [6.07, 6.45) is 3.88. The fraction of sp³-hybridized carbons (Fsp3) is 0.600. The average Bonchev–Trinajstić information content (AvgIpc) is 2.66. The van der Waals surface area contributed by atoms with Crippen LogP contribution in [-0.2, 0) is 9.53 Å². The van der Waals surface area contributed by atoms with Crippen LogP contribution >= 0.6 is 0 Å². The second kappa shape index (κ2) is 2.59. The fourth-order valence-corrected chi connectivity index (χ4v) is 2.44. The Balaban J connectivity index is 2.40. The molecule has 0 aromatic rings. The Kier molecular flexibility index (Phi) is 1.66. The minimum Gasteiger partial charge on any atom is -0.457 e. The standard InChI is InChI=1S/C10H11NO2/c1-2-8-7-4-3-5-10(7,6-11)9(12)13-8/h2,7-8H,1,3-5H2. The Morgan fingerprint density at radius 2 is 2.54 bits per heavy atom. The molecule has 2 rings (SSSR count). The molecule has 2 aliphatic rings. The molecule has 68 valence electrons. The van der Waals surface area contributed by atoms with Crippen LogP contribution in [0.3, 0.4) is 0 Å². The predicted octanol–water partition coefficient (Wildman–Crippen LogP) is 1.41. The maximum Gasteiger partial charge on any atom is 0.327 e. The molecule has 2 fully saturated rings. The van der Waals surface area contributed by atoms with Gasteiger partial charge in [-0.15, -0.1) is 0 Å². The molecule has 0 aromatic heterocycles. The number of carbonyl (C=O) groups is 1. The summed E-state index contributed by atoms with van der Waals surface area (Å²) in [5, 5.41) is 9.03. The van der Waals surface area contributed by atoms with Crippen molar-refractivity contribution >= 4 is 5.97 Å². The molecule has 1 heterocycles. The van der Waals surface area contributed by atoms with E-state index in [1.165, 1.54) is 0 Å². The monoisotopic (exact) mass is 177 g/mol. The van der Waals surface area contributed by atoms with E-state index in [-0.39, 0.29) is 18.0 Å². The van der Waals surface area contributed by atoms with Gasteiger partial charge in [0.1, 0.15) is 6.10 Å². The van der Waals surface area contributed by atoms with Gasteiger partial charge in [0, 0.05) is 5.92 Å². The van der Waals surface area contributed by atoms with Gasteiger partial charge in [-0.1, -0.05) is 19.1 Å². The van der Waals surface area contributed by atoms with E-state index in [9.17, 15) is 4.79 Å². The van der Waals surface area contributed by atoms with Crippen molar-refractivity contribution in [3.8, 4) is 6.07 Å². The number of cyclic esters (lactones) is 1. The highest BCUT2D eigenvalue weighted by atomic mass is 16.6. The summed E-state index contributed by atoms with van der Waals surface area (Å²) in [4.78, 5) is 11.5. The lowest BCUT2D eigenvalue weighted by Gasteiger charge is -2.15. The predicted molar refractivity (Wildman–Crippen MR) is 45.5 cm³/mol. The lowest BCUT2D eigenvalue weighted by Crippen LogP contribution is -2.27. The maximum atomic E-state index is 11.5. The van der Waals surface area contributed by atoms with Gasteiger partial charge in [-0.25, -0.2) is 0 Å². The van der Waals surface area contributed by atoms with Crippen molar-refractivity contribution in [3.05, 3.63) is 12.7 Å². The van der Waals surface area contributed by atoms with E-state index < -0.39 is 5.41 Å². The molecule has 1 aliphatic heterocycles. The van der Waals surface area contributed by atoms with E-state index in [4.69, 9.17) is 10.00 Å². The van der Waals surface area contributed by atoms with Crippen LogP contribution in [0.15, 0.2) is 12.7 Å². The van der Waals surface area contributed by atoms with Crippen molar-refractivity contribution in [1.29, 1.82) is 5.26 Å². The fourth-order valence-electron chi connectivity index (χ4n) is 2.44. The number of rotatable bonds is 1. The first-order valence-electron chi connectivity index (χ1n) is 4.49. The van der Waals surface area contributed by atoms with E-state index in [2.05, 4.69) is 12.6 Å². The second-order valence-electron chi connectivity index (χ2n) is 3.69. The van der Waals surface area contributed by atoms with Crippen molar-refractivity contribution in [2.45, 2.75) is 25.4 Å².